The molecule has 6 nitrogen and oxygen atoms in total. The first-order valence-electron chi connectivity index (χ1n) is 10.7. The zero-order valence-electron chi connectivity index (χ0n) is 18.6. The van der Waals surface area contributed by atoms with E-state index in [1.54, 1.807) is 11.9 Å². The first-order chi connectivity index (χ1) is 15.5. The van der Waals surface area contributed by atoms with E-state index in [9.17, 15) is 9.59 Å². The van der Waals surface area contributed by atoms with E-state index in [1.807, 2.05) is 79.8 Å². The van der Waals surface area contributed by atoms with Crippen LogP contribution in [0.25, 0.3) is 0 Å². The number of nitrogens with one attached hydrogen (secondary N) is 2. The summed E-state index contributed by atoms with van der Waals surface area (Å²) < 4.78 is 0. The molecule has 0 unspecified atom stereocenters. The Morgan fingerprint density at radius 3 is 1.97 bits per heavy atom. The lowest BCUT2D eigenvalue weighted by molar-refractivity contribution is -0.116. The number of rotatable bonds is 9. The molecule has 0 bridgehead atoms. The van der Waals surface area contributed by atoms with Crippen molar-refractivity contribution >= 4 is 23.3 Å². The van der Waals surface area contributed by atoms with Crippen molar-refractivity contribution in [2.24, 2.45) is 0 Å². The third-order valence-corrected chi connectivity index (χ3v) is 5.09. The molecule has 0 atom stereocenters. The summed E-state index contributed by atoms with van der Waals surface area (Å²) in [6, 6.07) is 27.5. The third kappa shape index (κ3) is 6.87. The lowest BCUT2D eigenvalue weighted by atomic mass is 10.2. The van der Waals surface area contributed by atoms with E-state index in [0.29, 0.717) is 6.54 Å². The summed E-state index contributed by atoms with van der Waals surface area (Å²) in [6.45, 7) is 1.52. The summed E-state index contributed by atoms with van der Waals surface area (Å²) >= 11 is 0. The number of benzene rings is 3. The van der Waals surface area contributed by atoms with Gasteiger partial charge in [0.2, 0.25) is 5.91 Å². The summed E-state index contributed by atoms with van der Waals surface area (Å²) in [5, 5.41) is 5.78. The van der Waals surface area contributed by atoms with E-state index in [-0.39, 0.29) is 24.9 Å². The molecule has 3 aromatic rings. The molecule has 0 fully saturated rings. The highest BCUT2D eigenvalue weighted by Gasteiger charge is 2.12. The van der Waals surface area contributed by atoms with E-state index in [0.717, 1.165) is 23.5 Å². The predicted octanol–water partition coefficient (Wildman–Crippen LogP) is 4.49. The Hall–Kier alpha value is -3.80. The van der Waals surface area contributed by atoms with Gasteiger partial charge >= 0.3 is 6.03 Å². The molecular weight excluding hydrogens is 400 g/mol. The fourth-order valence-corrected chi connectivity index (χ4v) is 3.41. The van der Waals surface area contributed by atoms with Crippen molar-refractivity contribution in [3.63, 3.8) is 0 Å². The average Bonchev–Trinajstić information content (AvgIpc) is 2.80. The van der Waals surface area contributed by atoms with Crippen LogP contribution in [0.1, 0.15) is 17.5 Å². The largest absolute Gasteiger partial charge is 0.369 e. The van der Waals surface area contributed by atoms with E-state index >= 15 is 0 Å². The minimum atomic E-state index is -0.204. The highest BCUT2D eigenvalue weighted by molar-refractivity contribution is 5.94. The highest BCUT2D eigenvalue weighted by Crippen LogP contribution is 2.26. The van der Waals surface area contributed by atoms with Crippen molar-refractivity contribution in [2.45, 2.75) is 19.5 Å². The highest BCUT2D eigenvalue weighted by atomic mass is 16.2. The first kappa shape index (κ1) is 22.9. The van der Waals surface area contributed by atoms with E-state index in [1.165, 1.54) is 5.56 Å². The number of carbonyl (C=O) groups is 2. The molecule has 0 heterocycles. The van der Waals surface area contributed by atoms with Crippen molar-refractivity contribution in [1.82, 2.24) is 10.2 Å². The molecule has 166 valence electrons. The number of urea groups is 1. The van der Waals surface area contributed by atoms with Crippen LogP contribution in [0.5, 0.6) is 0 Å². The molecule has 6 heteroatoms. The van der Waals surface area contributed by atoms with Gasteiger partial charge in [-0.15, -0.1) is 0 Å². The van der Waals surface area contributed by atoms with E-state index < -0.39 is 0 Å². The van der Waals surface area contributed by atoms with Crippen LogP contribution in [0.4, 0.5) is 16.2 Å². The van der Waals surface area contributed by atoms with Crippen LogP contribution in [0.3, 0.4) is 0 Å². The normalized spacial score (nSPS) is 10.3. The number of amides is 3. The van der Waals surface area contributed by atoms with Crippen LogP contribution in [0, 0.1) is 0 Å². The van der Waals surface area contributed by atoms with Gasteiger partial charge in [0.15, 0.2) is 0 Å². The monoisotopic (exact) mass is 430 g/mol. The average molecular weight is 431 g/mol. The van der Waals surface area contributed by atoms with Crippen LogP contribution >= 0.6 is 0 Å². The number of nitrogens with zero attached hydrogens (tertiary/aromatic N) is 2. The minimum Gasteiger partial charge on any atom is -0.369 e. The third-order valence-electron chi connectivity index (χ3n) is 5.09. The second-order valence-corrected chi connectivity index (χ2v) is 7.73. The quantitative estimate of drug-likeness (QED) is 0.526. The number of hydrogen-bond acceptors (Lipinski definition) is 3. The predicted molar refractivity (Wildman–Crippen MR) is 130 cm³/mol. The number of anilines is 2. The SMILES string of the molecule is CN(Cc1ccccc1)C(=O)NCCC(=O)Nc1ccccc1N(C)Cc1ccccc1. The van der Waals surface area contributed by atoms with Gasteiger partial charge in [-0.2, -0.15) is 0 Å². The van der Waals surface area contributed by atoms with Crippen molar-refractivity contribution in [3.8, 4) is 0 Å². The topological polar surface area (TPSA) is 64.7 Å². The molecule has 3 rings (SSSR count). The van der Waals surface area contributed by atoms with Gasteiger partial charge in [0.1, 0.15) is 0 Å². The maximum absolute atomic E-state index is 12.5. The van der Waals surface area contributed by atoms with Gasteiger partial charge in [-0.3, -0.25) is 4.79 Å². The summed E-state index contributed by atoms with van der Waals surface area (Å²) in [6.07, 6.45) is 0.196. The molecule has 0 spiro atoms. The lowest BCUT2D eigenvalue weighted by Crippen LogP contribution is -2.38. The summed E-state index contributed by atoms with van der Waals surface area (Å²) in [7, 11) is 3.74. The van der Waals surface area contributed by atoms with Gasteiger partial charge < -0.3 is 20.4 Å². The van der Waals surface area contributed by atoms with Crippen LogP contribution in [0.15, 0.2) is 84.9 Å². The molecule has 32 heavy (non-hydrogen) atoms. The van der Waals surface area contributed by atoms with Gasteiger partial charge in [-0.1, -0.05) is 72.8 Å². The number of hydrogen-bond donors (Lipinski definition) is 2. The molecule has 3 amide bonds. The Balaban J connectivity index is 1.48. The maximum atomic E-state index is 12.5. The van der Waals surface area contributed by atoms with Crippen molar-refractivity contribution in [2.75, 3.05) is 30.9 Å². The molecule has 0 saturated heterocycles. The van der Waals surface area contributed by atoms with Crippen LogP contribution in [0.2, 0.25) is 0 Å². The van der Waals surface area contributed by atoms with Gasteiger partial charge in [0, 0.05) is 40.2 Å². The van der Waals surface area contributed by atoms with E-state index in [4.69, 9.17) is 0 Å². The first-order valence-corrected chi connectivity index (χ1v) is 10.7. The molecule has 0 saturated carbocycles. The zero-order valence-corrected chi connectivity index (χ0v) is 18.6. The standard InChI is InChI=1S/C26H30N4O2/c1-29(19-21-11-5-3-6-12-21)24-16-10-9-15-23(24)28-25(31)17-18-27-26(32)30(2)20-22-13-7-4-8-14-22/h3-16H,17-20H2,1-2H3,(H,27,32)(H,28,31). The molecule has 0 aliphatic carbocycles. The Morgan fingerprint density at radius 2 is 1.31 bits per heavy atom. The summed E-state index contributed by atoms with van der Waals surface area (Å²) in [5.74, 6) is -0.142. The molecule has 0 aromatic heterocycles. The zero-order chi connectivity index (χ0) is 22.8. The molecule has 2 N–H and O–H groups in total. The van der Waals surface area contributed by atoms with Crippen LogP contribution < -0.4 is 15.5 Å². The fraction of sp³-hybridized carbons (Fsp3) is 0.231. The lowest BCUT2D eigenvalue weighted by Gasteiger charge is -2.23. The molecule has 0 aliphatic rings. The second-order valence-electron chi connectivity index (χ2n) is 7.73. The van der Waals surface area contributed by atoms with Crippen molar-refractivity contribution in [1.29, 1.82) is 0 Å². The van der Waals surface area contributed by atoms with Crippen LogP contribution in [-0.4, -0.2) is 37.5 Å². The maximum Gasteiger partial charge on any atom is 0.317 e. The van der Waals surface area contributed by atoms with Gasteiger partial charge in [-0.25, -0.2) is 4.79 Å². The molecule has 3 aromatic carbocycles. The van der Waals surface area contributed by atoms with Crippen molar-refractivity contribution < 1.29 is 9.59 Å². The van der Waals surface area contributed by atoms with E-state index in [2.05, 4.69) is 27.7 Å². The minimum absolute atomic E-state index is 0.142. The second kappa shape index (κ2) is 11.6. The number of carbonyl (C=O) groups excluding carboxylic acids is 2. The van der Waals surface area contributed by atoms with Gasteiger partial charge in [0.25, 0.3) is 0 Å². The molecule has 0 aliphatic heterocycles. The van der Waals surface area contributed by atoms with Gasteiger partial charge in [0.05, 0.1) is 11.4 Å². The Bertz CT molecular complexity index is 1010. The smallest absolute Gasteiger partial charge is 0.317 e. The van der Waals surface area contributed by atoms with Gasteiger partial charge in [-0.05, 0) is 23.3 Å². The molecular formula is C26H30N4O2. The summed E-state index contributed by atoms with van der Waals surface area (Å²) in [4.78, 5) is 28.5. The fourth-order valence-electron chi connectivity index (χ4n) is 3.41. The Morgan fingerprint density at radius 1 is 0.750 bits per heavy atom. The van der Waals surface area contributed by atoms with Crippen molar-refractivity contribution in [3.05, 3.63) is 96.1 Å². The Kier molecular flexibility index (Phi) is 8.26. The molecule has 0 radical (unpaired) electrons. The summed E-state index contributed by atoms with van der Waals surface area (Å²) in [5.41, 5.74) is 3.94. The Labute approximate surface area is 189 Å². The van der Waals surface area contributed by atoms with Crippen LogP contribution in [-0.2, 0) is 17.9 Å². The number of para-hydroxylation sites is 2.